The zero-order valence-corrected chi connectivity index (χ0v) is 20.8. The van der Waals surface area contributed by atoms with Crippen molar-refractivity contribution < 1.29 is 14.1 Å². The number of amides is 1. The molecule has 1 saturated heterocycles. The van der Waals surface area contributed by atoms with Crippen LogP contribution in [0.3, 0.4) is 0 Å². The van der Waals surface area contributed by atoms with Gasteiger partial charge in [0.1, 0.15) is 5.60 Å². The second-order valence-electron chi connectivity index (χ2n) is 9.32. The Morgan fingerprint density at radius 2 is 1.29 bits per heavy atom. The molecule has 0 bridgehead atoms. The molecule has 3 aromatic rings. The van der Waals surface area contributed by atoms with Crippen LogP contribution in [0.1, 0.15) is 32.0 Å². The predicted molar refractivity (Wildman–Crippen MR) is 139 cm³/mol. The van der Waals surface area contributed by atoms with Crippen LogP contribution < -0.4 is 14.7 Å². The van der Waals surface area contributed by atoms with E-state index in [1.165, 1.54) is 0 Å². The molecule has 0 aromatic heterocycles. The van der Waals surface area contributed by atoms with E-state index in [4.69, 9.17) is 4.74 Å². The average molecular weight is 478 g/mol. The normalized spacial score (nSPS) is 16.2. The Hall–Kier alpha value is -3.24. The average Bonchev–Trinajstić information content (AvgIpc) is 3.17. The van der Waals surface area contributed by atoms with E-state index in [2.05, 4.69) is 5.32 Å². The summed E-state index contributed by atoms with van der Waals surface area (Å²) < 4.78 is 24.9. The van der Waals surface area contributed by atoms with Crippen molar-refractivity contribution in [3.63, 3.8) is 0 Å². The number of nitrogens with one attached hydrogen (secondary N) is 1. The molecule has 0 spiro atoms. The fourth-order valence-corrected chi connectivity index (χ4v) is 7.84. The van der Waals surface area contributed by atoms with Gasteiger partial charge in [-0.05, 0) is 50.6 Å². The molecular formula is C27H32N3O3P. The molecule has 6 nitrogen and oxygen atoms in total. The van der Waals surface area contributed by atoms with Crippen molar-refractivity contribution in [2.45, 2.75) is 32.0 Å². The highest BCUT2D eigenvalue weighted by atomic mass is 31.2. The number of para-hydroxylation sites is 2. The first-order valence-electron chi connectivity index (χ1n) is 11.6. The molecule has 1 unspecified atom stereocenters. The number of rotatable bonds is 6. The van der Waals surface area contributed by atoms with Crippen LogP contribution in [0.25, 0.3) is 0 Å². The van der Waals surface area contributed by atoms with E-state index >= 15 is 4.57 Å². The number of carbonyl (C=O) groups is 1. The smallest absolute Gasteiger partial charge is 0.407 e. The highest BCUT2D eigenvalue weighted by Gasteiger charge is 2.49. The van der Waals surface area contributed by atoms with Gasteiger partial charge in [0, 0.05) is 31.0 Å². The van der Waals surface area contributed by atoms with Crippen molar-refractivity contribution in [3.8, 4) is 0 Å². The molecule has 0 aliphatic carbocycles. The van der Waals surface area contributed by atoms with Gasteiger partial charge < -0.3 is 19.4 Å². The molecule has 34 heavy (non-hydrogen) atoms. The summed E-state index contributed by atoms with van der Waals surface area (Å²) in [5, 5.41) is 2.90. The molecule has 0 radical (unpaired) electrons. The van der Waals surface area contributed by atoms with Crippen LogP contribution in [0.5, 0.6) is 0 Å². The molecular weight excluding hydrogens is 445 g/mol. The van der Waals surface area contributed by atoms with Gasteiger partial charge in [-0.1, -0.05) is 66.7 Å². The Kier molecular flexibility index (Phi) is 6.99. The van der Waals surface area contributed by atoms with Gasteiger partial charge in [-0.3, -0.25) is 4.57 Å². The van der Waals surface area contributed by atoms with E-state index in [1.807, 2.05) is 121 Å². The number of benzene rings is 3. The Labute approximate surface area is 202 Å². The number of anilines is 2. The third-order valence-electron chi connectivity index (χ3n) is 5.75. The first-order valence-corrected chi connectivity index (χ1v) is 13.2. The van der Waals surface area contributed by atoms with Crippen LogP contribution in [0.15, 0.2) is 91.0 Å². The van der Waals surface area contributed by atoms with Gasteiger partial charge in [0.2, 0.25) is 0 Å². The van der Waals surface area contributed by atoms with Crippen molar-refractivity contribution in [1.82, 2.24) is 5.32 Å². The second kappa shape index (κ2) is 9.94. The summed E-state index contributed by atoms with van der Waals surface area (Å²) in [6.45, 7) is 6.90. The van der Waals surface area contributed by atoms with Crippen LogP contribution in [0, 0.1) is 0 Å². The van der Waals surface area contributed by atoms with Crippen molar-refractivity contribution in [2.24, 2.45) is 0 Å². The Balaban J connectivity index is 1.78. The van der Waals surface area contributed by atoms with Crippen molar-refractivity contribution in [1.29, 1.82) is 0 Å². The lowest BCUT2D eigenvalue weighted by molar-refractivity contribution is 0.0528. The largest absolute Gasteiger partial charge is 0.444 e. The summed E-state index contributed by atoms with van der Waals surface area (Å²) in [6.07, 6.45) is -0.517. The van der Waals surface area contributed by atoms with Crippen molar-refractivity contribution in [2.75, 3.05) is 29.0 Å². The number of alkyl carbamates (subject to hydrolysis) is 1. The van der Waals surface area contributed by atoms with Gasteiger partial charge in [0.15, 0.2) is 0 Å². The van der Waals surface area contributed by atoms with Gasteiger partial charge in [-0.15, -0.1) is 0 Å². The molecule has 4 rings (SSSR count). The van der Waals surface area contributed by atoms with Crippen molar-refractivity contribution in [3.05, 3.63) is 96.6 Å². The number of nitrogens with zero attached hydrogens (tertiary/aromatic N) is 2. The van der Waals surface area contributed by atoms with E-state index in [1.54, 1.807) is 0 Å². The van der Waals surface area contributed by atoms with E-state index < -0.39 is 24.8 Å². The van der Waals surface area contributed by atoms with Crippen LogP contribution in [0.2, 0.25) is 0 Å². The standard InChI is InChI=1S/C27H32N3O3P/c1-27(2,3)33-26(31)28-21-25(22-13-7-4-8-14-22)34(32)29(23-15-9-5-10-16-23)19-20-30(34)24-17-11-6-12-18-24/h4-18,25H,19-21H2,1-3H3,(H,28,31). The number of carbonyl (C=O) groups excluding carboxylic acids is 1. The fraction of sp³-hybridized carbons (Fsp3) is 0.296. The molecule has 1 heterocycles. The minimum absolute atomic E-state index is 0.183. The minimum atomic E-state index is -3.28. The molecule has 3 aromatic carbocycles. The Bertz CT molecular complexity index is 1080. The monoisotopic (exact) mass is 477 g/mol. The molecule has 1 atom stereocenters. The first kappa shape index (κ1) is 23.9. The summed E-state index contributed by atoms with van der Waals surface area (Å²) in [5.41, 5.74) is 1.63. The third-order valence-corrected chi connectivity index (χ3v) is 9.29. The van der Waals surface area contributed by atoms with E-state index in [-0.39, 0.29) is 6.54 Å². The highest BCUT2D eigenvalue weighted by molar-refractivity contribution is 7.68. The maximum absolute atomic E-state index is 15.3. The number of hydrogen-bond acceptors (Lipinski definition) is 3. The second-order valence-corrected chi connectivity index (χ2v) is 12.1. The molecule has 178 valence electrons. The quantitative estimate of drug-likeness (QED) is 0.412. The molecule has 7 heteroatoms. The third kappa shape index (κ3) is 5.13. The molecule has 1 N–H and O–H groups in total. The SMILES string of the molecule is CC(C)(C)OC(=O)NCC(c1ccccc1)P1(=O)N(c2ccccc2)CCN1c1ccccc1. The summed E-state index contributed by atoms with van der Waals surface area (Å²) in [7, 11) is -3.28. The van der Waals surface area contributed by atoms with Crippen LogP contribution in [-0.4, -0.2) is 31.3 Å². The van der Waals surface area contributed by atoms with Crippen LogP contribution in [-0.2, 0) is 9.30 Å². The Morgan fingerprint density at radius 3 is 1.74 bits per heavy atom. The lowest BCUT2D eigenvalue weighted by Gasteiger charge is -2.38. The van der Waals surface area contributed by atoms with E-state index in [9.17, 15) is 4.79 Å². The zero-order valence-electron chi connectivity index (χ0n) is 19.9. The number of hydrogen-bond donors (Lipinski definition) is 1. The summed E-state index contributed by atoms with van der Waals surface area (Å²) >= 11 is 0. The summed E-state index contributed by atoms with van der Waals surface area (Å²) in [5.74, 6) is 0. The van der Waals surface area contributed by atoms with Gasteiger partial charge in [-0.2, -0.15) is 0 Å². The zero-order chi connectivity index (χ0) is 24.2. The highest BCUT2D eigenvalue weighted by Crippen LogP contribution is 2.68. The number of ether oxygens (including phenoxy) is 1. The predicted octanol–water partition coefficient (Wildman–Crippen LogP) is 6.47. The Morgan fingerprint density at radius 1 is 0.853 bits per heavy atom. The van der Waals surface area contributed by atoms with Crippen molar-refractivity contribution >= 4 is 24.9 Å². The molecule has 1 fully saturated rings. The van der Waals surface area contributed by atoms with Gasteiger partial charge in [0.05, 0.1) is 5.66 Å². The van der Waals surface area contributed by atoms with Gasteiger partial charge in [-0.25, -0.2) is 4.79 Å². The lowest BCUT2D eigenvalue weighted by Crippen LogP contribution is -2.36. The first-order chi connectivity index (χ1) is 16.3. The van der Waals surface area contributed by atoms with Gasteiger partial charge >= 0.3 is 6.09 Å². The summed E-state index contributed by atoms with van der Waals surface area (Å²) in [6, 6.07) is 29.5. The van der Waals surface area contributed by atoms with E-state index in [0.717, 1.165) is 16.9 Å². The van der Waals surface area contributed by atoms with E-state index in [0.29, 0.717) is 13.1 Å². The molecule has 0 saturated carbocycles. The van der Waals surface area contributed by atoms with Crippen LogP contribution in [0.4, 0.5) is 16.2 Å². The minimum Gasteiger partial charge on any atom is -0.444 e. The fourth-order valence-electron chi connectivity index (χ4n) is 4.33. The summed E-state index contributed by atoms with van der Waals surface area (Å²) in [4.78, 5) is 12.6. The molecule has 1 amide bonds. The maximum atomic E-state index is 15.3. The molecule has 1 aliphatic heterocycles. The van der Waals surface area contributed by atoms with Gasteiger partial charge in [0.25, 0.3) is 7.44 Å². The van der Waals surface area contributed by atoms with Crippen LogP contribution >= 0.6 is 7.44 Å². The molecule has 1 aliphatic rings. The lowest BCUT2D eigenvalue weighted by atomic mass is 10.1. The topological polar surface area (TPSA) is 61.9 Å². The maximum Gasteiger partial charge on any atom is 0.407 e.